The van der Waals surface area contributed by atoms with Gasteiger partial charge in [0.25, 0.3) is 0 Å². The molecular formula is C31H37NO4. The molecule has 3 aromatic rings. The van der Waals surface area contributed by atoms with E-state index in [1.807, 2.05) is 12.1 Å². The maximum absolute atomic E-state index is 12.5. The van der Waals surface area contributed by atoms with E-state index in [4.69, 9.17) is 9.47 Å². The van der Waals surface area contributed by atoms with Crippen LogP contribution in [0, 0.1) is 0 Å². The average Bonchev–Trinajstić information content (AvgIpc) is 2.89. The second kappa shape index (κ2) is 14.7. The molecule has 0 radical (unpaired) electrons. The summed E-state index contributed by atoms with van der Waals surface area (Å²) in [6.07, 6.45) is 11.0. The van der Waals surface area contributed by atoms with Crippen LogP contribution in [0.5, 0.6) is 17.2 Å². The minimum Gasteiger partial charge on any atom is -0.507 e. The summed E-state index contributed by atoms with van der Waals surface area (Å²) < 4.78 is 11.2. The summed E-state index contributed by atoms with van der Waals surface area (Å²) in [6, 6.07) is 19.7. The van der Waals surface area contributed by atoms with Gasteiger partial charge in [0.15, 0.2) is 0 Å². The lowest BCUT2D eigenvalue weighted by atomic mass is 10.1. The lowest BCUT2D eigenvalue weighted by Crippen LogP contribution is -2.08. The standard InChI is InChI=1S/C31H37NO4/c1-3-5-6-7-8-9-21-35-28-18-13-25(14-19-28)31(34)36-29-20-15-26(30(33)22-29)23-32-27-16-11-24(10-4-2)12-17-27/h11-20,22-23,33H,3-10,21H2,1-2H3. The van der Waals surface area contributed by atoms with E-state index >= 15 is 0 Å². The Morgan fingerprint density at radius 2 is 1.53 bits per heavy atom. The third-order valence-corrected chi connectivity index (χ3v) is 5.90. The summed E-state index contributed by atoms with van der Waals surface area (Å²) in [7, 11) is 0. The maximum Gasteiger partial charge on any atom is 0.343 e. The van der Waals surface area contributed by atoms with Crippen molar-refractivity contribution < 1.29 is 19.4 Å². The molecule has 190 valence electrons. The summed E-state index contributed by atoms with van der Waals surface area (Å²) in [5, 5.41) is 10.4. The zero-order valence-electron chi connectivity index (χ0n) is 21.4. The number of ether oxygens (including phenoxy) is 2. The van der Waals surface area contributed by atoms with E-state index in [0.717, 1.165) is 30.7 Å². The highest BCUT2D eigenvalue weighted by molar-refractivity contribution is 5.91. The number of nitrogens with zero attached hydrogens (tertiary/aromatic N) is 1. The quantitative estimate of drug-likeness (QED) is 0.108. The highest BCUT2D eigenvalue weighted by Crippen LogP contribution is 2.24. The van der Waals surface area contributed by atoms with Gasteiger partial charge in [-0.2, -0.15) is 0 Å². The first kappa shape index (κ1) is 27.0. The number of phenols is 1. The molecule has 0 spiro atoms. The van der Waals surface area contributed by atoms with E-state index in [0.29, 0.717) is 17.7 Å². The second-order valence-electron chi connectivity index (χ2n) is 8.93. The van der Waals surface area contributed by atoms with E-state index in [2.05, 4.69) is 31.0 Å². The fourth-order valence-electron chi connectivity index (χ4n) is 3.80. The zero-order valence-corrected chi connectivity index (χ0v) is 21.4. The van der Waals surface area contributed by atoms with Crippen LogP contribution in [0.3, 0.4) is 0 Å². The van der Waals surface area contributed by atoms with Crippen molar-refractivity contribution in [2.45, 2.75) is 65.2 Å². The van der Waals surface area contributed by atoms with Gasteiger partial charge in [-0.3, -0.25) is 4.99 Å². The normalized spacial score (nSPS) is 11.1. The van der Waals surface area contributed by atoms with Crippen molar-refractivity contribution >= 4 is 17.9 Å². The van der Waals surface area contributed by atoms with Crippen LogP contribution in [0.25, 0.3) is 0 Å². The summed E-state index contributed by atoms with van der Waals surface area (Å²) >= 11 is 0. The lowest BCUT2D eigenvalue weighted by molar-refractivity contribution is 0.0734. The van der Waals surface area contributed by atoms with E-state index in [1.165, 1.54) is 43.7 Å². The van der Waals surface area contributed by atoms with Crippen molar-refractivity contribution in [3.05, 3.63) is 83.4 Å². The molecule has 5 nitrogen and oxygen atoms in total. The minimum absolute atomic E-state index is 0.00917. The molecule has 0 bridgehead atoms. The van der Waals surface area contributed by atoms with Crippen molar-refractivity contribution in [3.63, 3.8) is 0 Å². The number of carbonyl (C=O) groups excluding carboxylic acids is 1. The Morgan fingerprint density at radius 1 is 0.833 bits per heavy atom. The third kappa shape index (κ3) is 8.88. The number of hydrogen-bond donors (Lipinski definition) is 1. The van der Waals surface area contributed by atoms with Gasteiger partial charge in [0.05, 0.1) is 17.9 Å². The number of aromatic hydroxyl groups is 1. The Balaban J connectivity index is 1.49. The molecule has 0 heterocycles. The number of esters is 1. The van der Waals surface area contributed by atoms with Gasteiger partial charge in [-0.25, -0.2) is 4.79 Å². The van der Waals surface area contributed by atoms with E-state index in [1.54, 1.807) is 42.6 Å². The Morgan fingerprint density at radius 3 is 2.22 bits per heavy atom. The van der Waals surface area contributed by atoms with Gasteiger partial charge in [-0.05, 0) is 66.9 Å². The van der Waals surface area contributed by atoms with Crippen LogP contribution in [0.1, 0.15) is 80.3 Å². The summed E-state index contributed by atoms with van der Waals surface area (Å²) in [5.74, 6) is 0.499. The molecule has 1 N–H and O–H groups in total. The van der Waals surface area contributed by atoms with Crippen LogP contribution in [-0.4, -0.2) is 23.9 Å². The predicted octanol–water partition coefficient (Wildman–Crippen LogP) is 8.05. The highest BCUT2D eigenvalue weighted by atomic mass is 16.5. The first-order valence-corrected chi connectivity index (χ1v) is 13.0. The molecule has 0 fully saturated rings. The topological polar surface area (TPSA) is 68.1 Å². The number of benzene rings is 3. The molecule has 0 amide bonds. The van der Waals surface area contributed by atoms with Gasteiger partial charge in [0.2, 0.25) is 0 Å². The zero-order chi connectivity index (χ0) is 25.6. The Hall–Kier alpha value is -3.60. The van der Waals surface area contributed by atoms with Crippen LogP contribution >= 0.6 is 0 Å². The molecule has 0 aliphatic heterocycles. The van der Waals surface area contributed by atoms with Crippen LogP contribution in [0.2, 0.25) is 0 Å². The van der Waals surface area contributed by atoms with Crippen LogP contribution < -0.4 is 9.47 Å². The molecule has 0 saturated carbocycles. The SMILES string of the molecule is CCCCCCCCOc1ccc(C(=O)Oc2ccc(C=Nc3ccc(CCC)cc3)c(O)c2)cc1. The Labute approximate surface area is 214 Å². The summed E-state index contributed by atoms with van der Waals surface area (Å²) in [5.41, 5.74) is 3.04. The molecule has 0 aliphatic carbocycles. The van der Waals surface area contributed by atoms with Crippen molar-refractivity contribution in [2.24, 2.45) is 4.99 Å². The highest BCUT2D eigenvalue weighted by Gasteiger charge is 2.10. The molecule has 0 unspecified atom stereocenters. The van der Waals surface area contributed by atoms with Crippen molar-refractivity contribution in [3.8, 4) is 17.2 Å². The van der Waals surface area contributed by atoms with E-state index in [9.17, 15) is 9.90 Å². The fraction of sp³-hybridized carbons (Fsp3) is 0.355. The molecule has 0 aromatic heterocycles. The number of hydrogen-bond acceptors (Lipinski definition) is 5. The van der Waals surface area contributed by atoms with Gasteiger partial charge >= 0.3 is 5.97 Å². The monoisotopic (exact) mass is 487 g/mol. The Kier molecular flexibility index (Phi) is 11.0. The smallest absolute Gasteiger partial charge is 0.343 e. The summed E-state index contributed by atoms with van der Waals surface area (Å²) in [6.45, 7) is 5.04. The fourth-order valence-corrected chi connectivity index (χ4v) is 3.80. The number of carbonyl (C=O) groups is 1. The lowest BCUT2D eigenvalue weighted by Gasteiger charge is -2.08. The molecule has 0 atom stereocenters. The van der Waals surface area contributed by atoms with Gasteiger partial charge < -0.3 is 14.6 Å². The number of aryl methyl sites for hydroxylation is 1. The first-order valence-electron chi connectivity index (χ1n) is 13.0. The third-order valence-electron chi connectivity index (χ3n) is 5.90. The van der Waals surface area contributed by atoms with Gasteiger partial charge in [-0.15, -0.1) is 0 Å². The average molecular weight is 488 g/mol. The second-order valence-corrected chi connectivity index (χ2v) is 8.93. The van der Waals surface area contributed by atoms with Crippen LogP contribution in [0.4, 0.5) is 5.69 Å². The predicted molar refractivity (Wildman–Crippen MR) is 146 cm³/mol. The number of phenolic OH excluding ortho intramolecular Hbond substituents is 1. The molecule has 0 saturated heterocycles. The van der Waals surface area contributed by atoms with E-state index < -0.39 is 5.97 Å². The molecule has 0 aliphatic rings. The minimum atomic E-state index is -0.495. The molecule has 5 heteroatoms. The van der Waals surface area contributed by atoms with Gasteiger partial charge in [-0.1, -0.05) is 64.5 Å². The van der Waals surface area contributed by atoms with Gasteiger partial charge in [0, 0.05) is 17.8 Å². The molecular weight excluding hydrogens is 450 g/mol. The maximum atomic E-state index is 12.5. The van der Waals surface area contributed by atoms with E-state index in [-0.39, 0.29) is 11.5 Å². The van der Waals surface area contributed by atoms with Crippen LogP contribution in [-0.2, 0) is 6.42 Å². The van der Waals surface area contributed by atoms with Crippen molar-refractivity contribution in [2.75, 3.05) is 6.61 Å². The van der Waals surface area contributed by atoms with Crippen molar-refractivity contribution in [1.82, 2.24) is 0 Å². The number of aliphatic imine (C=N–C) groups is 1. The number of unbranched alkanes of at least 4 members (excludes halogenated alkanes) is 5. The number of rotatable bonds is 14. The van der Waals surface area contributed by atoms with Crippen LogP contribution in [0.15, 0.2) is 71.7 Å². The largest absolute Gasteiger partial charge is 0.507 e. The Bertz CT molecular complexity index is 1100. The summed E-state index contributed by atoms with van der Waals surface area (Å²) in [4.78, 5) is 16.9. The van der Waals surface area contributed by atoms with Crippen molar-refractivity contribution in [1.29, 1.82) is 0 Å². The molecule has 3 rings (SSSR count). The first-order chi connectivity index (χ1) is 17.6. The molecule has 3 aromatic carbocycles. The van der Waals surface area contributed by atoms with Gasteiger partial charge in [0.1, 0.15) is 17.2 Å². The molecule has 36 heavy (non-hydrogen) atoms.